The predicted molar refractivity (Wildman–Crippen MR) is 104 cm³/mol. The number of halogens is 3. The standard InChI is InChI=1S/C19H17F3N4O2S/c1-9(27)4-10-5-12(21)17(13(22)6-10)14-7-11(18(23)28)19(29-14)26-15-2-3-24-16(8-20)25-15/h2-3,5-7,9,27H,4,8H2,1H3,(H2,23,28)(H,24,25,26). The zero-order chi connectivity index (χ0) is 21.1. The fraction of sp³-hybridized carbons (Fsp3) is 0.211. The lowest BCUT2D eigenvalue weighted by atomic mass is 10.0. The van der Waals surface area contributed by atoms with Crippen molar-refractivity contribution in [1.29, 1.82) is 0 Å². The molecule has 1 aromatic carbocycles. The van der Waals surface area contributed by atoms with Gasteiger partial charge in [0.1, 0.15) is 29.1 Å². The number of aliphatic hydroxyl groups excluding tert-OH is 1. The number of carbonyl (C=O) groups excluding carboxylic acids is 1. The summed E-state index contributed by atoms with van der Waals surface area (Å²) in [6.07, 6.45) is 0.687. The van der Waals surface area contributed by atoms with Gasteiger partial charge in [-0.1, -0.05) is 0 Å². The van der Waals surface area contributed by atoms with Crippen LogP contribution in [0.5, 0.6) is 0 Å². The molecule has 6 nitrogen and oxygen atoms in total. The van der Waals surface area contributed by atoms with Gasteiger partial charge in [-0.25, -0.2) is 23.1 Å². The second-order valence-electron chi connectivity index (χ2n) is 6.32. The van der Waals surface area contributed by atoms with Crippen molar-refractivity contribution in [2.45, 2.75) is 26.1 Å². The highest BCUT2D eigenvalue weighted by atomic mass is 32.1. The molecule has 29 heavy (non-hydrogen) atoms. The molecule has 1 atom stereocenters. The topological polar surface area (TPSA) is 101 Å². The Hall–Kier alpha value is -2.98. The second kappa shape index (κ2) is 8.58. The molecular weight excluding hydrogens is 405 g/mol. The van der Waals surface area contributed by atoms with E-state index in [9.17, 15) is 23.1 Å². The van der Waals surface area contributed by atoms with E-state index >= 15 is 0 Å². The number of anilines is 2. The van der Waals surface area contributed by atoms with Gasteiger partial charge in [-0.15, -0.1) is 11.3 Å². The first kappa shape index (κ1) is 20.7. The van der Waals surface area contributed by atoms with Gasteiger partial charge in [-0.2, -0.15) is 0 Å². The largest absolute Gasteiger partial charge is 0.393 e. The van der Waals surface area contributed by atoms with E-state index < -0.39 is 30.3 Å². The van der Waals surface area contributed by atoms with E-state index in [1.54, 1.807) is 0 Å². The predicted octanol–water partition coefficient (Wildman–Crippen LogP) is 3.72. The van der Waals surface area contributed by atoms with E-state index in [-0.39, 0.29) is 39.1 Å². The third kappa shape index (κ3) is 4.72. The number of rotatable bonds is 7. The average Bonchev–Trinajstić information content (AvgIpc) is 3.04. The van der Waals surface area contributed by atoms with Crippen molar-refractivity contribution < 1.29 is 23.1 Å². The third-order valence-electron chi connectivity index (χ3n) is 3.94. The molecule has 1 amide bonds. The molecule has 0 saturated carbocycles. The number of alkyl halides is 1. The Morgan fingerprint density at radius 1 is 1.31 bits per heavy atom. The molecule has 0 bridgehead atoms. The number of aliphatic hydroxyl groups is 1. The zero-order valence-corrected chi connectivity index (χ0v) is 16.1. The van der Waals surface area contributed by atoms with E-state index in [0.717, 1.165) is 23.5 Å². The summed E-state index contributed by atoms with van der Waals surface area (Å²) in [5.74, 6) is -2.31. The number of amides is 1. The number of nitrogens with two attached hydrogens (primary N) is 1. The summed E-state index contributed by atoms with van der Waals surface area (Å²) < 4.78 is 42.0. The normalized spacial score (nSPS) is 12.0. The average molecular weight is 422 g/mol. The summed E-state index contributed by atoms with van der Waals surface area (Å²) in [5.41, 5.74) is 5.40. The van der Waals surface area contributed by atoms with Gasteiger partial charge in [-0.05, 0) is 43.2 Å². The smallest absolute Gasteiger partial charge is 0.251 e. The van der Waals surface area contributed by atoms with Crippen LogP contribution in [0.15, 0.2) is 30.5 Å². The van der Waals surface area contributed by atoms with Crippen LogP contribution in [-0.2, 0) is 13.1 Å². The summed E-state index contributed by atoms with van der Waals surface area (Å²) in [5, 5.41) is 12.4. The van der Waals surface area contributed by atoms with Crippen LogP contribution in [0.3, 0.4) is 0 Å². The number of primary amides is 1. The molecule has 2 aromatic heterocycles. The second-order valence-corrected chi connectivity index (χ2v) is 7.37. The summed E-state index contributed by atoms with van der Waals surface area (Å²) in [7, 11) is 0. The Morgan fingerprint density at radius 3 is 2.59 bits per heavy atom. The summed E-state index contributed by atoms with van der Waals surface area (Å²) in [6.45, 7) is 0.644. The highest BCUT2D eigenvalue weighted by Gasteiger charge is 2.21. The van der Waals surface area contributed by atoms with Crippen molar-refractivity contribution in [3.63, 3.8) is 0 Å². The monoisotopic (exact) mass is 422 g/mol. The molecule has 0 radical (unpaired) electrons. The van der Waals surface area contributed by atoms with Crippen molar-refractivity contribution in [3.8, 4) is 10.4 Å². The van der Waals surface area contributed by atoms with E-state index in [1.165, 1.54) is 25.3 Å². The van der Waals surface area contributed by atoms with Crippen LogP contribution in [0, 0.1) is 11.6 Å². The number of aromatic nitrogens is 2. The lowest BCUT2D eigenvalue weighted by molar-refractivity contribution is 0.100. The van der Waals surface area contributed by atoms with Crippen molar-refractivity contribution >= 4 is 28.1 Å². The van der Waals surface area contributed by atoms with E-state index in [4.69, 9.17) is 5.73 Å². The number of nitrogens with zero attached hydrogens (tertiary/aromatic N) is 2. The number of benzene rings is 1. The van der Waals surface area contributed by atoms with Crippen LogP contribution in [0.4, 0.5) is 24.0 Å². The summed E-state index contributed by atoms with van der Waals surface area (Å²) in [4.78, 5) is 19.6. The Labute approximate surface area is 168 Å². The maximum absolute atomic E-state index is 14.6. The Bertz CT molecular complexity index is 1030. The van der Waals surface area contributed by atoms with Gasteiger partial charge >= 0.3 is 0 Å². The number of hydrogen-bond acceptors (Lipinski definition) is 6. The molecule has 2 heterocycles. The molecule has 0 spiro atoms. The molecule has 0 saturated heterocycles. The van der Waals surface area contributed by atoms with Gasteiger partial charge in [-0.3, -0.25) is 4.79 Å². The van der Waals surface area contributed by atoms with Gasteiger partial charge < -0.3 is 16.2 Å². The zero-order valence-electron chi connectivity index (χ0n) is 15.2. The first-order valence-electron chi connectivity index (χ1n) is 8.53. The highest BCUT2D eigenvalue weighted by Crippen LogP contribution is 2.39. The first-order chi connectivity index (χ1) is 13.8. The van der Waals surface area contributed by atoms with Crippen molar-refractivity contribution in [3.05, 3.63) is 59.0 Å². The van der Waals surface area contributed by atoms with Gasteiger partial charge in [0.2, 0.25) is 0 Å². The van der Waals surface area contributed by atoms with E-state index in [2.05, 4.69) is 15.3 Å². The lowest BCUT2D eigenvalue weighted by Crippen LogP contribution is -2.11. The van der Waals surface area contributed by atoms with E-state index in [0.29, 0.717) is 5.56 Å². The van der Waals surface area contributed by atoms with Crippen LogP contribution in [0.1, 0.15) is 28.7 Å². The molecule has 0 aliphatic carbocycles. The molecule has 3 rings (SSSR count). The minimum Gasteiger partial charge on any atom is -0.393 e. The minimum atomic E-state index is -0.872. The van der Waals surface area contributed by atoms with Gasteiger partial charge in [0.15, 0.2) is 5.82 Å². The highest BCUT2D eigenvalue weighted by molar-refractivity contribution is 7.20. The summed E-state index contributed by atoms with van der Waals surface area (Å²) >= 11 is 0.902. The molecular formula is C19H17F3N4O2S. The van der Waals surface area contributed by atoms with Crippen LogP contribution < -0.4 is 11.1 Å². The summed E-state index contributed by atoms with van der Waals surface area (Å²) in [6, 6.07) is 5.01. The van der Waals surface area contributed by atoms with Crippen molar-refractivity contribution in [1.82, 2.24) is 9.97 Å². The maximum Gasteiger partial charge on any atom is 0.251 e. The van der Waals surface area contributed by atoms with Gasteiger partial charge in [0.05, 0.1) is 17.2 Å². The van der Waals surface area contributed by atoms with Crippen molar-refractivity contribution in [2.75, 3.05) is 5.32 Å². The molecule has 0 aliphatic heterocycles. The van der Waals surface area contributed by atoms with Crippen LogP contribution in [0.25, 0.3) is 10.4 Å². The Kier molecular flexibility index (Phi) is 6.14. The van der Waals surface area contributed by atoms with Gasteiger partial charge in [0, 0.05) is 11.1 Å². The molecule has 1 unspecified atom stereocenters. The Morgan fingerprint density at radius 2 is 2.00 bits per heavy atom. The van der Waals surface area contributed by atoms with E-state index in [1.807, 2.05) is 0 Å². The van der Waals surface area contributed by atoms with Crippen LogP contribution in [0.2, 0.25) is 0 Å². The Balaban J connectivity index is 2.01. The lowest BCUT2D eigenvalue weighted by Gasteiger charge is -2.08. The molecule has 10 heteroatoms. The fourth-order valence-corrected chi connectivity index (χ4v) is 3.88. The molecule has 4 N–H and O–H groups in total. The van der Waals surface area contributed by atoms with Gasteiger partial charge in [0.25, 0.3) is 5.91 Å². The number of hydrogen-bond donors (Lipinski definition) is 3. The van der Waals surface area contributed by atoms with Crippen molar-refractivity contribution in [2.24, 2.45) is 5.73 Å². The maximum atomic E-state index is 14.6. The van der Waals surface area contributed by atoms with Crippen LogP contribution in [-0.4, -0.2) is 27.1 Å². The molecule has 152 valence electrons. The van der Waals surface area contributed by atoms with Crippen LogP contribution >= 0.6 is 11.3 Å². The minimum absolute atomic E-state index is 0.0114. The SMILES string of the molecule is CC(O)Cc1cc(F)c(-c2cc(C(N)=O)c(Nc3ccnc(CF)n3)s2)c(F)c1. The molecule has 3 aromatic rings. The number of thiophene rings is 1. The quantitative estimate of drug-likeness (QED) is 0.539. The number of nitrogens with one attached hydrogen (secondary N) is 1. The number of carbonyl (C=O) groups is 1. The third-order valence-corrected chi connectivity index (χ3v) is 5.01. The molecule has 0 fully saturated rings. The first-order valence-corrected chi connectivity index (χ1v) is 9.35. The fourth-order valence-electron chi connectivity index (χ4n) is 2.76. The molecule has 0 aliphatic rings.